The monoisotopic (exact) mass is 468 g/mol. The Morgan fingerprint density at radius 2 is 1.64 bits per heavy atom. The summed E-state index contributed by atoms with van der Waals surface area (Å²) in [5.74, 6) is -1.83. The Morgan fingerprint density at radius 3 is 2.24 bits per heavy atom. The Balaban J connectivity index is 1.70. The maximum Gasteiger partial charge on any atom is 0.326 e. The quantitative estimate of drug-likeness (QED) is 0.635. The molecule has 3 atom stereocenters. The van der Waals surface area contributed by atoms with E-state index in [0.29, 0.717) is 30.6 Å². The minimum Gasteiger partial charge on any atom is -0.480 e. The first kappa shape index (κ1) is 24.5. The molecule has 3 rings (SSSR count). The zero-order chi connectivity index (χ0) is 24.0. The molecule has 0 aromatic heterocycles. The third-order valence-corrected chi connectivity index (χ3v) is 7.01. The molecule has 0 aliphatic carbocycles. The Labute approximate surface area is 197 Å². The van der Waals surface area contributed by atoms with Crippen molar-refractivity contribution in [2.75, 3.05) is 17.2 Å². The largest absolute Gasteiger partial charge is 0.480 e. The van der Waals surface area contributed by atoms with Crippen LogP contribution in [0.15, 0.2) is 60.7 Å². The predicted octanol–water partition coefficient (Wildman–Crippen LogP) is 3.69. The number of carbonyl (C=O) groups is 4. The third-order valence-electron chi connectivity index (χ3n) is 5.72. The van der Waals surface area contributed by atoms with Crippen molar-refractivity contribution in [2.45, 2.75) is 38.8 Å². The van der Waals surface area contributed by atoms with Crippen LogP contribution in [-0.4, -0.2) is 57.3 Å². The number of benzene rings is 2. The fourth-order valence-electron chi connectivity index (χ4n) is 3.90. The zero-order valence-corrected chi connectivity index (χ0v) is 19.5. The molecule has 8 heteroatoms. The summed E-state index contributed by atoms with van der Waals surface area (Å²) in [6.45, 7) is 3.80. The normalized spacial score (nSPS) is 17.3. The van der Waals surface area contributed by atoms with Crippen molar-refractivity contribution in [3.8, 4) is 0 Å². The van der Waals surface area contributed by atoms with Gasteiger partial charge in [0.25, 0.3) is 5.91 Å². The van der Waals surface area contributed by atoms with E-state index in [1.165, 1.54) is 9.80 Å². The number of aliphatic carboxylic acids is 1. The third kappa shape index (κ3) is 5.82. The lowest BCUT2D eigenvalue weighted by molar-refractivity contribution is -0.149. The molecular formula is C25H28N2O5S. The highest BCUT2D eigenvalue weighted by Gasteiger charge is 2.36. The molecule has 0 bridgehead atoms. The molecule has 33 heavy (non-hydrogen) atoms. The molecule has 2 aromatic rings. The van der Waals surface area contributed by atoms with Crippen molar-refractivity contribution < 1.29 is 24.3 Å². The molecule has 1 N–H and O–H groups in total. The summed E-state index contributed by atoms with van der Waals surface area (Å²) >= 11 is 0.997. The number of amides is 2. The Hall–Kier alpha value is -3.13. The highest BCUT2D eigenvalue weighted by Crippen LogP contribution is 2.25. The number of carboxylic acids is 1. The SMILES string of the molecule is CC(CSC(=O)[C@H](C)N(C(=O)c1ccccc1)c1ccccc1)C(=O)N1CCC[C@H]1C(=O)O. The lowest BCUT2D eigenvalue weighted by Gasteiger charge is -2.29. The molecule has 1 saturated heterocycles. The van der Waals surface area contributed by atoms with Crippen molar-refractivity contribution in [1.82, 2.24) is 4.90 Å². The summed E-state index contributed by atoms with van der Waals surface area (Å²) in [6, 6.07) is 16.2. The number of hydrogen-bond donors (Lipinski definition) is 1. The molecule has 1 aliphatic rings. The van der Waals surface area contributed by atoms with E-state index >= 15 is 0 Å². The highest BCUT2D eigenvalue weighted by molar-refractivity contribution is 8.13. The van der Waals surface area contributed by atoms with Crippen LogP contribution in [0.1, 0.15) is 37.0 Å². The second-order valence-corrected chi connectivity index (χ2v) is 9.14. The number of nitrogens with zero attached hydrogens (tertiary/aromatic N) is 2. The van der Waals surface area contributed by atoms with Crippen LogP contribution < -0.4 is 4.90 Å². The van der Waals surface area contributed by atoms with Crippen molar-refractivity contribution >= 4 is 40.3 Å². The lowest BCUT2D eigenvalue weighted by atomic mass is 10.1. The summed E-state index contributed by atoms with van der Waals surface area (Å²) in [4.78, 5) is 53.4. The van der Waals surface area contributed by atoms with Gasteiger partial charge in [-0.3, -0.25) is 19.3 Å². The van der Waals surface area contributed by atoms with Crippen LogP contribution in [-0.2, 0) is 14.4 Å². The molecule has 1 heterocycles. The average Bonchev–Trinajstić information content (AvgIpc) is 3.33. The van der Waals surface area contributed by atoms with Gasteiger partial charge in [-0.25, -0.2) is 4.79 Å². The Kier molecular flexibility index (Phi) is 8.27. The number of likely N-dealkylation sites (tertiary alicyclic amines) is 1. The predicted molar refractivity (Wildman–Crippen MR) is 128 cm³/mol. The van der Waals surface area contributed by atoms with E-state index in [1.807, 2.05) is 12.1 Å². The Bertz CT molecular complexity index is 998. The average molecular weight is 469 g/mol. The molecule has 1 aliphatic heterocycles. The summed E-state index contributed by atoms with van der Waals surface area (Å²) in [5, 5.41) is 9.09. The van der Waals surface area contributed by atoms with E-state index < -0.39 is 24.0 Å². The molecule has 174 valence electrons. The van der Waals surface area contributed by atoms with Gasteiger partial charge in [-0.1, -0.05) is 55.1 Å². The van der Waals surface area contributed by atoms with Crippen LogP contribution in [0, 0.1) is 5.92 Å². The van der Waals surface area contributed by atoms with Gasteiger partial charge in [-0.05, 0) is 44.0 Å². The van der Waals surface area contributed by atoms with Gasteiger partial charge in [0, 0.05) is 29.5 Å². The van der Waals surface area contributed by atoms with Crippen LogP contribution in [0.5, 0.6) is 0 Å². The van der Waals surface area contributed by atoms with E-state index in [-0.39, 0.29) is 22.7 Å². The maximum absolute atomic E-state index is 13.3. The highest BCUT2D eigenvalue weighted by atomic mass is 32.2. The van der Waals surface area contributed by atoms with Crippen LogP contribution in [0.2, 0.25) is 0 Å². The second-order valence-electron chi connectivity index (χ2n) is 8.11. The number of carboxylic acid groups (broad SMARTS) is 1. The van der Waals surface area contributed by atoms with Gasteiger partial charge in [0.2, 0.25) is 11.0 Å². The smallest absolute Gasteiger partial charge is 0.326 e. The molecule has 2 amide bonds. The maximum atomic E-state index is 13.3. The molecule has 1 fully saturated rings. The van der Waals surface area contributed by atoms with Crippen molar-refractivity contribution in [1.29, 1.82) is 0 Å². The number of hydrogen-bond acceptors (Lipinski definition) is 5. The first-order valence-electron chi connectivity index (χ1n) is 10.9. The first-order valence-corrected chi connectivity index (χ1v) is 11.9. The van der Waals surface area contributed by atoms with Gasteiger partial charge in [-0.2, -0.15) is 0 Å². The topological polar surface area (TPSA) is 95.0 Å². The number of carbonyl (C=O) groups excluding carboxylic acids is 3. The molecule has 0 spiro atoms. The zero-order valence-electron chi connectivity index (χ0n) is 18.7. The van der Waals surface area contributed by atoms with Crippen LogP contribution in [0.3, 0.4) is 0 Å². The fraction of sp³-hybridized carbons (Fsp3) is 0.360. The second kappa shape index (κ2) is 11.1. The van der Waals surface area contributed by atoms with Crippen molar-refractivity contribution in [3.05, 3.63) is 66.2 Å². The number of thioether (sulfide) groups is 1. The summed E-state index contributed by atoms with van der Waals surface area (Å²) < 4.78 is 0. The van der Waals surface area contributed by atoms with Crippen LogP contribution >= 0.6 is 11.8 Å². The van der Waals surface area contributed by atoms with Gasteiger partial charge in [0.05, 0.1) is 0 Å². The Morgan fingerprint density at radius 1 is 1.03 bits per heavy atom. The van der Waals surface area contributed by atoms with E-state index in [4.69, 9.17) is 0 Å². The summed E-state index contributed by atoms with van der Waals surface area (Å²) in [7, 11) is 0. The van der Waals surface area contributed by atoms with Gasteiger partial charge in [0.1, 0.15) is 12.1 Å². The minimum absolute atomic E-state index is 0.215. The molecule has 0 saturated carbocycles. The molecule has 7 nitrogen and oxygen atoms in total. The van der Waals surface area contributed by atoms with Crippen molar-refractivity contribution in [2.24, 2.45) is 5.92 Å². The summed E-state index contributed by atoms with van der Waals surface area (Å²) in [5.41, 5.74) is 1.08. The minimum atomic E-state index is -0.997. The van der Waals surface area contributed by atoms with E-state index in [2.05, 4.69) is 0 Å². The van der Waals surface area contributed by atoms with E-state index in [0.717, 1.165) is 11.8 Å². The standard InChI is InChI=1S/C25H28N2O5S/c1-17(22(28)26-15-9-14-21(26)24(30)31)16-33-25(32)18(2)27(20-12-7-4-8-13-20)23(29)19-10-5-3-6-11-19/h3-8,10-13,17-18,21H,9,14-16H2,1-2H3,(H,30,31)/t17?,18-,21-/m0/s1. The van der Waals surface area contributed by atoms with Crippen LogP contribution in [0.4, 0.5) is 5.69 Å². The number of rotatable bonds is 8. The van der Waals surface area contributed by atoms with Crippen LogP contribution in [0.25, 0.3) is 0 Å². The first-order chi connectivity index (χ1) is 15.8. The molecule has 1 unspecified atom stereocenters. The van der Waals surface area contributed by atoms with Gasteiger partial charge in [-0.15, -0.1) is 0 Å². The summed E-state index contributed by atoms with van der Waals surface area (Å²) in [6.07, 6.45) is 1.11. The van der Waals surface area contributed by atoms with Gasteiger partial charge < -0.3 is 10.0 Å². The number of anilines is 1. The fourth-order valence-corrected chi connectivity index (χ4v) is 4.80. The van der Waals surface area contributed by atoms with Crippen molar-refractivity contribution in [3.63, 3.8) is 0 Å². The van der Waals surface area contributed by atoms with Gasteiger partial charge in [0.15, 0.2) is 0 Å². The molecule has 2 aromatic carbocycles. The molecule has 0 radical (unpaired) electrons. The molecular weight excluding hydrogens is 440 g/mol. The van der Waals surface area contributed by atoms with E-state index in [1.54, 1.807) is 62.4 Å². The van der Waals surface area contributed by atoms with E-state index in [9.17, 15) is 24.3 Å². The lowest BCUT2D eigenvalue weighted by Crippen LogP contribution is -2.44. The van der Waals surface area contributed by atoms with Gasteiger partial charge >= 0.3 is 5.97 Å². The number of para-hydroxylation sites is 1.